The van der Waals surface area contributed by atoms with Gasteiger partial charge in [-0.3, -0.25) is 4.90 Å². The van der Waals surface area contributed by atoms with E-state index in [2.05, 4.69) is 94.4 Å². The Morgan fingerprint density at radius 3 is 1.90 bits per heavy atom. The van der Waals surface area contributed by atoms with Gasteiger partial charge >= 0.3 is 12.1 Å². The second-order valence-corrected chi connectivity index (χ2v) is 11.0. The monoisotopic (exact) mass is 567 g/mol. The fourth-order valence-electron chi connectivity index (χ4n) is 5.47. The highest BCUT2D eigenvalue weighted by Gasteiger charge is 2.38. The first-order chi connectivity index (χ1) is 19.8. The van der Waals surface area contributed by atoms with Gasteiger partial charge in [-0.25, -0.2) is 4.79 Å². The summed E-state index contributed by atoms with van der Waals surface area (Å²) in [6, 6.07) is 30.3. The predicted octanol–water partition coefficient (Wildman–Crippen LogP) is 6.77. The fourth-order valence-corrected chi connectivity index (χ4v) is 5.47. The minimum Gasteiger partial charge on any atom is -0.475 e. The van der Waals surface area contributed by atoms with E-state index in [4.69, 9.17) is 9.90 Å². The van der Waals surface area contributed by atoms with Crippen LogP contribution in [0, 0.1) is 0 Å². The van der Waals surface area contributed by atoms with Gasteiger partial charge in [-0.2, -0.15) is 13.2 Å². The summed E-state index contributed by atoms with van der Waals surface area (Å²) in [6.45, 7) is 5.36. The maximum Gasteiger partial charge on any atom is 0.490 e. The molecular weight excluding hydrogens is 527 g/mol. The Kier molecular flexibility index (Phi) is 11.4. The van der Waals surface area contributed by atoms with Gasteiger partial charge in [-0.05, 0) is 72.7 Å². The maximum atomic E-state index is 10.6. The van der Waals surface area contributed by atoms with Crippen molar-refractivity contribution in [3.05, 3.63) is 95.6 Å². The number of halogens is 3. The standard InChI is InChI=1S/C31H39N3.C2HF3O2/c1-2-7-26(8-3-1)24-34-19-17-31(18-20-34)32-22-25-13-15-28(16-14-25)29-10-6-9-27(21-29)23-33-30-11-4-5-12-30;3-2(4,5)1(6)7/h1-3,6-10,13-16,21,30-33H,4-5,11-12,17-20,22-24H2;(H,6,7). The first-order valence-corrected chi connectivity index (χ1v) is 14.5. The van der Waals surface area contributed by atoms with Gasteiger partial charge in [-0.15, -0.1) is 0 Å². The average Bonchev–Trinajstić information content (AvgIpc) is 3.51. The number of rotatable bonds is 9. The van der Waals surface area contributed by atoms with Crippen LogP contribution in [0.4, 0.5) is 13.2 Å². The molecule has 220 valence electrons. The van der Waals surface area contributed by atoms with Crippen LogP contribution in [0.15, 0.2) is 78.9 Å². The Hall–Kier alpha value is -3.20. The molecule has 2 fully saturated rings. The third-order valence-electron chi connectivity index (χ3n) is 7.84. The van der Waals surface area contributed by atoms with Gasteiger partial charge in [0.1, 0.15) is 0 Å². The molecule has 1 heterocycles. The highest BCUT2D eigenvalue weighted by atomic mass is 19.4. The van der Waals surface area contributed by atoms with E-state index in [1.165, 1.54) is 79.4 Å². The second kappa shape index (κ2) is 15.1. The molecule has 3 aromatic rings. The van der Waals surface area contributed by atoms with Crippen LogP contribution < -0.4 is 10.6 Å². The average molecular weight is 568 g/mol. The Balaban J connectivity index is 0.000000493. The normalized spacial score (nSPS) is 16.8. The van der Waals surface area contributed by atoms with Crippen LogP contribution in [0.1, 0.15) is 55.2 Å². The van der Waals surface area contributed by atoms with Crippen molar-refractivity contribution in [2.45, 2.75) is 76.4 Å². The maximum absolute atomic E-state index is 10.6. The molecule has 3 aromatic carbocycles. The molecule has 1 aliphatic carbocycles. The van der Waals surface area contributed by atoms with Crippen LogP contribution in [0.2, 0.25) is 0 Å². The largest absolute Gasteiger partial charge is 0.490 e. The number of aliphatic carboxylic acids is 1. The quantitative estimate of drug-likeness (QED) is 0.266. The number of piperidine rings is 1. The van der Waals surface area contributed by atoms with Crippen LogP contribution in [0.3, 0.4) is 0 Å². The van der Waals surface area contributed by atoms with Gasteiger partial charge < -0.3 is 15.7 Å². The van der Waals surface area contributed by atoms with E-state index in [0.29, 0.717) is 12.1 Å². The molecule has 1 saturated heterocycles. The molecule has 1 aliphatic heterocycles. The van der Waals surface area contributed by atoms with Gasteiger partial charge in [-0.1, -0.05) is 85.6 Å². The van der Waals surface area contributed by atoms with Gasteiger partial charge in [0.25, 0.3) is 0 Å². The van der Waals surface area contributed by atoms with Crippen molar-refractivity contribution < 1.29 is 23.1 Å². The summed E-state index contributed by atoms with van der Waals surface area (Å²) in [6.07, 6.45) is 2.81. The summed E-state index contributed by atoms with van der Waals surface area (Å²) in [5.41, 5.74) is 6.80. The molecule has 0 bridgehead atoms. The smallest absolute Gasteiger partial charge is 0.475 e. The summed E-state index contributed by atoms with van der Waals surface area (Å²) >= 11 is 0. The summed E-state index contributed by atoms with van der Waals surface area (Å²) in [5, 5.41) is 14.7. The number of carboxylic acid groups (broad SMARTS) is 1. The van der Waals surface area contributed by atoms with E-state index in [0.717, 1.165) is 19.6 Å². The number of benzene rings is 3. The highest BCUT2D eigenvalue weighted by molar-refractivity contribution is 5.73. The lowest BCUT2D eigenvalue weighted by atomic mass is 10.0. The lowest BCUT2D eigenvalue weighted by Crippen LogP contribution is -2.41. The lowest BCUT2D eigenvalue weighted by molar-refractivity contribution is -0.192. The zero-order valence-electron chi connectivity index (χ0n) is 23.4. The summed E-state index contributed by atoms with van der Waals surface area (Å²) in [5.74, 6) is -2.76. The summed E-state index contributed by atoms with van der Waals surface area (Å²) in [7, 11) is 0. The van der Waals surface area contributed by atoms with Crippen molar-refractivity contribution >= 4 is 5.97 Å². The summed E-state index contributed by atoms with van der Waals surface area (Å²) in [4.78, 5) is 11.5. The lowest BCUT2D eigenvalue weighted by Gasteiger charge is -2.32. The molecule has 1 saturated carbocycles. The fraction of sp³-hybridized carbons (Fsp3) is 0.424. The van der Waals surface area contributed by atoms with E-state index in [-0.39, 0.29) is 0 Å². The second-order valence-electron chi connectivity index (χ2n) is 11.0. The van der Waals surface area contributed by atoms with E-state index in [1.807, 2.05) is 0 Å². The van der Waals surface area contributed by atoms with Gasteiger partial charge in [0.15, 0.2) is 0 Å². The molecule has 0 aromatic heterocycles. The number of carbonyl (C=O) groups is 1. The molecule has 8 heteroatoms. The SMILES string of the molecule is O=C(O)C(F)(F)F.c1ccc(CN2CCC(NCc3ccc(-c4cccc(CNC5CCCC5)c4)cc3)CC2)cc1. The molecule has 0 radical (unpaired) electrons. The third-order valence-corrected chi connectivity index (χ3v) is 7.84. The van der Waals surface area contributed by atoms with Crippen molar-refractivity contribution in [3.63, 3.8) is 0 Å². The first-order valence-electron chi connectivity index (χ1n) is 14.5. The van der Waals surface area contributed by atoms with Gasteiger partial charge in [0.2, 0.25) is 0 Å². The Morgan fingerprint density at radius 1 is 0.732 bits per heavy atom. The van der Waals surface area contributed by atoms with Crippen molar-refractivity contribution in [3.8, 4) is 11.1 Å². The molecule has 0 spiro atoms. The minimum atomic E-state index is -5.08. The molecular formula is C33H40F3N3O2. The van der Waals surface area contributed by atoms with Crippen molar-refractivity contribution in [2.24, 2.45) is 0 Å². The Labute approximate surface area is 240 Å². The molecule has 0 amide bonds. The van der Waals surface area contributed by atoms with Crippen LogP contribution >= 0.6 is 0 Å². The van der Waals surface area contributed by atoms with Crippen molar-refractivity contribution in [1.82, 2.24) is 15.5 Å². The van der Waals surface area contributed by atoms with Crippen LogP contribution in [-0.4, -0.2) is 47.3 Å². The number of nitrogens with one attached hydrogen (secondary N) is 2. The first kappa shape index (κ1) is 30.8. The number of hydrogen-bond donors (Lipinski definition) is 3. The van der Waals surface area contributed by atoms with E-state index in [9.17, 15) is 13.2 Å². The molecule has 41 heavy (non-hydrogen) atoms. The summed E-state index contributed by atoms with van der Waals surface area (Å²) < 4.78 is 31.7. The topological polar surface area (TPSA) is 64.6 Å². The molecule has 3 N–H and O–H groups in total. The number of alkyl halides is 3. The predicted molar refractivity (Wildman–Crippen MR) is 156 cm³/mol. The van der Waals surface area contributed by atoms with Gasteiger partial charge in [0.05, 0.1) is 0 Å². The molecule has 0 unspecified atom stereocenters. The molecule has 5 rings (SSSR count). The zero-order chi connectivity index (χ0) is 29.1. The van der Waals surface area contributed by atoms with Crippen molar-refractivity contribution in [2.75, 3.05) is 13.1 Å². The Morgan fingerprint density at radius 2 is 1.29 bits per heavy atom. The van der Waals surface area contributed by atoms with Crippen LogP contribution in [0.25, 0.3) is 11.1 Å². The highest BCUT2D eigenvalue weighted by Crippen LogP contribution is 2.23. The number of likely N-dealkylation sites (tertiary alicyclic amines) is 1. The number of carboxylic acids is 1. The number of nitrogens with zero attached hydrogens (tertiary/aromatic N) is 1. The van der Waals surface area contributed by atoms with E-state index in [1.54, 1.807) is 0 Å². The minimum absolute atomic E-state index is 0.621. The van der Waals surface area contributed by atoms with E-state index < -0.39 is 12.1 Å². The molecule has 5 nitrogen and oxygen atoms in total. The van der Waals surface area contributed by atoms with Gasteiger partial charge in [0, 0.05) is 31.7 Å². The zero-order valence-corrected chi connectivity index (χ0v) is 23.4. The number of hydrogen-bond acceptors (Lipinski definition) is 4. The van der Waals surface area contributed by atoms with E-state index >= 15 is 0 Å². The van der Waals surface area contributed by atoms with Crippen LogP contribution in [-0.2, 0) is 24.4 Å². The van der Waals surface area contributed by atoms with Crippen molar-refractivity contribution in [1.29, 1.82) is 0 Å². The third kappa shape index (κ3) is 10.3. The van der Waals surface area contributed by atoms with Crippen LogP contribution in [0.5, 0.6) is 0 Å². The Bertz CT molecular complexity index is 1200. The molecule has 2 aliphatic rings. The molecule has 0 atom stereocenters.